The van der Waals surface area contributed by atoms with Gasteiger partial charge in [-0.1, -0.05) is 0 Å². The first kappa shape index (κ1) is 14.1. The van der Waals surface area contributed by atoms with E-state index < -0.39 is 0 Å². The summed E-state index contributed by atoms with van der Waals surface area (Å²) < 4.78 is 0. The summed E-state index contributed by atoms with van der Waals surface area (Å²) in [5, 5.41) is 9.44. The Morgan fingerprint density at radius 1 is 1.48 bits per heavy atom. The molecule has 3 rings (SSSR count). The van der Waals surface area contributed by atoms with Gasteiger partial charge in [-0.2, -0.15) is 0 Å². The Morgan fingerprint density at radius 3 is 3.19 bits per heavy atom. The van der Waals surface area contributed by atoms with E-state index >= 15 is 0 Å². The number of nitrogens with zero attached hydrogens (tertiary/aromatic N) is 1. The first-order chi connectivity index (χ1) is 10.2. The third-order valence-corrected chi connectivity index (χ3v) is 4.62. The number of hydrogen-bond acceptors (Lipinski definition) is 4. The molecule has 0 unspecified atom stereocenters. The summed E-state index contributed by atoms with van der Waals surface area (Å²) in [5.41, 5.74) is 4.19. The lowest BCUT2D eigenvalue weighted by molar-refractivity contribution is 0.0954. The van der Waals surface area contributed by atoms with Gasteiger partial charge in [-0.05, 0) is 43.5 Å². The van der Waals surface area contributed by atoms with Crippen LogP contribution in [0.15, 0.2) is 23.6 Å². The fraction of sp³-hybridized carbons (Fsp3) is 0.375. The van der Waals surface area contributed by atoms with Crippen LogP contribution in [0.1, 0.15) is 33.0 Å². The van der Waals surface area contributed by atoms with E-state index in [0.29, 0.717) is 6.54 Å². The van der Waals surface area contributed by atoms with Crippen molar-refractivity contribution in [2.45, 2.75) is 26.2 Å². The highest BCUT2D eigenvalue weighted by molar-refractivity contribution is 7.09. The van der Waals surface area contributed by atoms with Crippen LogP contribution in [0, 0.1) is 6.92 Å². The summed E-state index contributed by atoms with van der Waals surface area (Å²) in [6.45, 7) is 3.63. The zero-order valence-corrected chi connectivity index (χ0v) is 12.9. The van der Waals surface area contributed by atoms with Crippen molar-refractivity contribution in [3.63, 3.8) is 0 Å². The summed E-state index contributed by atoms with van der Waals surface area (Å²) in [7, 11) is 0. The number of benzene rings is 1. The molecular formula is C16H19N3OS. The molecule has 0 bridgehead atoms. The number of thiazole rings is 1. The number of anilines is 1. The van der Waals surface area contributed by atoms with Gasteiger partial charge in [0.1, 0.15) is 0 Å². The lowest BCUT2D eigenvalue weighted by atomic mass is 10.0. The summed E-state index contributed by atoms with van der Waals surface area (Å²) >= 11 is 1.64. The van der Waals surface area contributed by atoms with Gasteiger partial charge in [-0.15, -0.1) is 11.3 Å². The second-order valence-electron chi connectivity index (χ2n) is 5.29. The van der Waals surface area contributed by atoms with Crippen molar-refractivity contribution in [1.82, 2.24) is 10.3 Å². The maximum Gasteiger partial charge on any atom is 0.251 e. The SMILES string of the molecule is Cc1csc(CCNC(=O)c2ccc3c(c2)CCCN3)n1. The maximum atomic E-state index is 12.2. The summed E-state index contributed by atoms with van der Waals surface area (Å²) in [5.74, 6) is -0.00310. The van der Waals surface area contributed by atoms with Crippen LogP contribution in [0.25, 0.3) is 0 Å². The highest BCUT2D eigenvalue weighted by Crippen LogP contribution is 2.22. The van der Waals surface area contributed by atoms with Crippen molar-refractivity contribution in [3.05, 3.63) is 45.4 Å². The standard InChI is InChI=1S/C16H19N3OS/c1-11-10-21-15(19-11)6-8-18-16(20)13-4-5-14-12(9-13)3-2-7-17-14/h4-5,9-10,17H,2-3,6-8H2,1H3,(H,18,20). The van der Waals surface area contributed by atoms with Crippen LogP contribution < -0.4 is 10.6 Å². The predicted octanol–water partition coefficient (Wildman–Crippen LogP) is 2.78. The van der Waals surface area contributed by atoms with E-state index in [0.717, 1.165) is 47.8 Å². The number of amides is 1. The minimum atomic E-state index is -0.00310. The van der Waals surface area contributed by atoms with Gasteiger partial charge in [0, 0.05) is 41.8 Å². The first-order valence-electron chi connectivity index (χ1n) is 7.28. The number of aryl methyl sites for hydroxylation is 2. The molecule has 0 fully saturated rings. The second-order valence-corrected chi connectivity index (χ2v) is 6.23. The largest absolute Gasteiger partial charge is 0.385 e. The van der Waals surface area contributed by atoms with E-state index in [9.17, 15) is 4.79 Å². The molecule has 0 saturated heterocycles. The molecule has 0 spiro atoms. The van der Waals surface area contributed by atoms with Crippen LogP contribution >= 0.6 is 11.3 Å². The highest BCUT2D eigenvalue weighted by Gasteiger charge is 2.12. The average molecular weight is 301 g/mol. The van der Waals surface area contributed by atoms with Crippen LogP contribution in [0.5, 0.6) is 0 Å². The zero-order valence-electron chi connectivity index (χ0n) is 12.1. The minimum absolute atomic E-state index is 0.00310. The van der Waals surface area contributed by atoms with Gasteiger partial charge < -0.3 is 10.6 Å². The van der Waals surface area contributed by atoms with Crippen molar-refractivity contribution in [3.8, 4) is 0 Å². The van der Waals surface area contributed by atoms with E-state index in [1.165, 1.54) is 5.56 Å². The van der Waals surface area contributed by atoms with E-state index in [4.69, 9.17) is 0 Å². The average Bonchev–Trinajstić information content (AvgIpc) is 2.92. The molecule has 2 aromatic rings. The van der Waals surface area contributed by atoms with Crippen LogP contribution in [0.4, 0.5) is 5.69 Å². The maximum absolute atomic E-state index is 12.2. The molecule has 0 radical (unpaired) electrons. The molecule has 0 atom stereocenters. The van der Waals surface area contributed by atoms with Gasteiger partial charge in [0.2, 0.25) is 0 Å². The Kier molecular flexibility index (Phi) is 4.20. The molecular weight excluding hydrogens is 282 g/mol. The second kappa shape index (κ2) is 6.26. The number of rotatable bonds is 4. The molecule has 1 aliphatic heterocycles. The normalized spacial score (nSPS) is 13.4. The van der Waals surface area contributed by atoms with Crippen LogP contribution in [0.3, 0.4) is 0 Å². The number of aromatic nitrogens is 1. The Morgan fingerprint density at radius 2 is 2.38 bits per heavy atom. The van der Waals surface area contributed by atoms with E-state index in [-0.39, 0.29) is 5.91 Å². The molecule has 0 aliphatic carbocycles. The Labute approximate surface area is 128 Å². The van der Waals surface area contributed by atoms with Crippen molar-refractivity contribution in [2.24, 2.45) is 0 Å². The molecule has 21 heavy (non-hydrogen) atoms. The van der Waals surface area contributed by atoms with Crippen LogP contribution in [-0.2, 0) is 12.8 Å². The Bertz CT molecular complexity index is 651. The Balaban J connectivity index is 1.57. The molecule has 1 amide bonds. The first-order valence-corrected chi connectivity index (χ1v) is 8.16. The van der Waals surface area contributed by atoms with E-state index in [1.807, 2.05) is 30.5 Å². The lowest BCUT2D eigenvalue weighted by Crippen LogP contribution is -2.26. The number of nitrogens with one attached hydrogen (secondary N) is 2. The van der Waals surface area contributed by atoms with Gasteiger partial charge in [-0.3, -0.25) is 4.79 Å². The topological polar surface area (TPSA) is 54.0 Å². The predicted molar refractivity (Wildman–Crippen MR) is 86.1 cm³/mol. The van der Waals surface area contributed by atoms with Gasteiger partial charge in [0.15, 0.2) is 0 Å². The molecule has 4 nitrogen and oxygen atoms in total. The third-order valence-electron chi connectivity index (χ3n) is 3.60. The monoisotopic (exact) mass is 301 g/mol. The van der Waals surface area contributed by atoms with Crippen molar-refractivity contribution < 1.29 is 4.79 Å². The van der Waals surface area contributed by atoms with Crippen molar-refractivity contribution >= 4 is 22.9 Å². The highest BCUT2D eigenvalue weighted by atomic mass is 32.1. The van der Waals surface area contributed by atoms with Crippen molar-refractivity contribution in [2.75, 3.05) is 18.4 Å². The number of hydrogen-bond donors (Lipinski definition) is 2. The minimum Gasteiger partial charge on any atom is -0.385 e. The zero-order chi connectivity index (χ0) is 14.7. The molecule has 1 aliphatic rings. The van der Waals surface area contributed by atoms with Gasteiger partial charge in [0.05, 0.1) is 5.01 Å². The van der Waals surface area contributed by atoms with Gasteiger partial charge in [0.25, 0.3) is 5.91 Å². The molecule has 1 aromatic heterocycles. The fourth-order valence-electron chi connectivity index (χ4n) is 2.52. The van der Waals surface area contributed by atoms with Crippen LogP contribution in [-0.4, -0.2) is 24.0 Å². The number of fused-ring (bicyclic) bond motifs is 1. The molecule has 0 saturated carbocycles. The molecule has 110 valence electrons. The van der Waals surface area contributed by atoms with Crippen molar-refractivity contribution in [1.29, 1.82) is 0 Å². The molecule has 1 aromatic carbocycles. The Hall–Kier alpha value is -1.88. The number of carbonyl (C=O) groups excluding carboxylic acids is 1. The summed E-state index contributed by atoms with van der Waals surface area (Å²) in [6, 6.07) is 5.90. The summed E-state index contributed by atoms with van der Waals surface area (Å²) in [6.07, 6.45) is 2.96. The fourth-order valence-corrected chi connectivity index (χ4v) is 3.29. The number of carbonyl (C=O) groups is 1. The molecule has 5 heteroatoms. The lowest BCUT2D eigenvalue weighted by Gasteiger charge is -2.18. The van der Waals surface area contributed by atoms with Crippen LogP contribution in [0.2, 0.25) is 0 Å². The summed E-state index contributed by atoms with van der Waals surface area (Å²) in [4.78, 5) is 16.6. The molecule has 2 N–H and O–H groups in total. The smallest absolute Gasteiger partial charge is 0.251 e. The quantitative estimate of drug-likeness (QED) is 0.913. The molecule has 2 heterocycles. The van der Waals surface area contributed by atoms with E-state index in [1.54, 1.807) is 11.3 Å². The third kappa shape index (κ3) is 3.42. The van der Waals surface area contributed by atoms with E-state index in [2.05, 4.69) is 15.6 Å². The van der Waals surface area contributed by atoms with Gasteiger partial charge >= 0.3 is 0 Å². The van der Waals surface area contributed by atoms with Gasteiger partial charge in [-0.25, -0.2) is 4.98 Å².